The van der Waals surface area contributed by atoms with Gasteiger partial charge < -0.3 is 15.3 Å². The molecule has 88 valence electrons. The molecular weight excluding hydrogens is 196 g/mol. The molecule has 0 aliphatic rings. The topological polar surface area (TPSA) is 69.6 Å². The summed E-state index contributed by atoms with van der Waals surface area (Å²) in [5.41, 5.74) is -0.764. The van der Waals surface area contributed by atoms with Crippen molar-refractivity contribution in [2.75, 3.05) is 19.7 Å². The summed E-state index contributed by atoms with van der Waals surface area (Å²) in [6, 6.07) is 0. The van der Waals surface area contributed by atoms with Crippen LogP contribution in [0.25, 0.3) is 0 Å². The van der Waals surface area contributed by atoms with Crippen molar-refractivity contribution in [3.05, 3.63) is 0 Å². The summed E-state index contributed by atoms with van der Waals surface area (Å²) in [6.45, 7) is 7.73. The van der Waals surface area contributed by atoms with E-state index in [4.69, 9.17) is 5.11 Å². The fraction of sp³-hybridized carbons (Fsp3) is 0.800. The van der Waals surface area contributed by atoms with E-state index in [0.717, 1.165) is 0 Å². The molecule has 0 unspecified atom stereocenters. The minimum Gasteiger partial charge on any atom is -0.394 e. The summed E-state index contributed by atoms with van der Waals surface area (Å²) < 4.78 is 0. The molecule has 0 fully saturated rings. The van der Waals surface area contributed by atoms with Crippen LogP contribution in [0.15, 0.2) is 0 Å². The molecule has 15 heavy (non-hydrogen) atoms. The molecule has 0 saturated carbocycles. The number of rotatable bonds is 4. The molecule has 0 radical (unpaired) electrons. The molecule has 0 bridgehead atoms. The molecule has 0 atom stereocenters. The van der Waals surface area contributed by atoms with E-state index in [1.165, 1.54) is 4.90 Å². The first-order valence-electron chi connectivity index (χ1n) is 5.10. The lowest BCUT2D eigenvalue weighted by atomic mass is 10.1. The van der Waals surface area contributed by atoms with E-state index in [1.807, 2.05) is 13.8 Å². The van der Waals surface area contributed by atoms with E-state index >= 15 is 0 Å². The average molecular weight is 216 g/mol. The normalized spacial score (nSPS) is 11.0. The van der Waals surface area contributed by atoms with Gasteiger partial charge in [-0.15, -0.1) is 0 Å². The third kappa shape index (κ3) is 4.29. The van der Waals surface area contributed by atoms with Gasteiger partial charge in [-0.25, -0.2) is 0 Å². The average Bonchev–Trinajstić information content (AvgIpc) is 2.19. The van der Waals surface area contributed by atoms with Crippen LogP contribution in [0.3, 0.4) is 0 Å². The summed E-state index contributed by atoms with van der Waals surface area (Å²) in [5, 5.41) is 11.4. The highest BCUT2D eigenvalue weighted by Crippen LogP contribution is 2.00. The third-order valence-electron chi connectivity index (χ3n) is 2.09. The number of carbonyl (C=O) groups is 2. The van der Waals surface area contributed by atoms with Gasteiger partial charge >= 0.3 is 11.8 Å². The Labute approximate surface area is 90.5 Å². The van der Waals surface area contributed by atoms with Crippen molar-refractivity contribution in [3.63, 3.8) is 0 Å². The minimum absolute atomic E-state index is 0.204. The number of nitrogens with zero attached hydrogens (tertiary/aromatic N) is 1. The zero-order valence-electron chi connectivity index (χ0n) is 9.83. The second-order valence-electron chi connectivity index (χ2n) is 3.97. The predicted molar refractivity (Wildman–Crippen MR) is 57.2 cm³/mol. The van der Waals surface area contributed by atoms with Crippen molar-refractivity contribution >= 4 is 11.8 Å². The van der Waals surface area contributed by atoms with Crippen LogP contribution in [0.2, 0.25) is 0 Å². The highest BCUT2D eigenvalue weighted by atomic mass is 16.3. The molecule has 0 aromatic carbocycles. The summed E-state index contributed by atoms with van der Waals surface area (Å²) in [4.78, 5) is 24.4. The maximum Gasteiger partial charge on any atom is 0.311 e. The fourth-order valence-corrected chi connectivity index (χ4v) is 1.05. The molecule has 0 saturated heterocycles. The molecule has 2 N–H and O–H groups in total. The van der Waals surface area contributed by atoms with Gasteiger partial charge in [0.25, 0.3) is 0 Å². The van der Waals surface area contributed by atoms with Crippen molar-refractivity contribution in [2.24, 2.45) is 0 Å². The number of carbonyl (C=O) groups excluding carboxylic acids is 2. The zero-order chi connectivity index (χ0) is 12.1. The Balaban J connectivity index is 4.40. The second-order valence-corrected chi connectivity index (χ2v) is 3.97. The standard InChI is InChI=1S/C10H20N2O3/c1-5-12(6-2)9(15)8(14)11-10(3,4)7-13/h13H,5-7H2,1-4H3,(H,11,14). The van der Waals surface area contributed by atoms with E-state index in [9.17, 15) is 9.59 Å². The monoisotopic (exact) mass is 216 g/mol. The number of aliphatic hydroxyl groups is 1. The maximum atomic E-state index is 11.5. The van der Waals surface area contributed by atoms with Crippen molar-refractivity contribution in [1.82, 2.24) is 10.2 Å². The predicted octanol–water partition coefficient (Wildman–Crippen LogP) is -0.258. The molecule has 5 nitrogen and oxygen atoms in total. The summed E-state index contributed by atoms with van der Waals surface area (Å²) >= 11 is 0. The number of aliphatic hydroxyl groups excluding tert-OH is 1. The Morgan fingerprint density at radius 2 is 1.73 bits per heavy atom. The van der Waals surface area contributed by atoms with Gasteiger partial charge in [0.2, 0.25) is 0 Å². The van der Waals surface area contributed by atoms with Gasteiger partial charge in [0, 0.05) is 13.1 Å². The van der Waals surface area contributed by atoms with E-state index in [0.29, 0.717) is 13.1 Å². The quantitative estimate of drug-likeness (QED) is 0.636. The molecule has 0 aromatic heterocycles. The van der Waals surface area contributed by atoms with Crippen LogP contribution in [-0.2, 0) is 9.59 Å². The third-order valence-corrected chi connectivity index (χ3v) is 2.09. The van der Waals surface area contributed by atoms with Crippen LogP contribution in [0.4, 0.5) is 0 Å². The van der Waals surface area contributed by atoms with E-state index < -0.39 is 17.4 Å². The van der Waals surface area contributed by atoms with Gasteiger partial charge in [-0.2, -0.15) is 0 Å². The maximum absolute atomic E-state index is 11.5. The molecule has 0 heterocycles. The molecule has 0 aromatic rings. The lowest BCUT2D eigenvalue weighted by Crippen LogP contribution is -2.52. The van der Waals surface area contributed by atoms with Crippen molar-refractivity contribution in [2.45, 2.75) is 33.2 Å². The number of hydrogen-bond acceptors (Lipinski definition) is 3. The lowest BCUT2D eigenvalue weighted by molar-refractivity contribution is -0.146. The van der Waals surface area contributed by atoms with E-state index in [1.54, 1.807) is 13.8 Å². The van der Waals surface area contributed by atoms with Gasteiger partial charge in [0.1, 0.15) is 0 Å². The first-order chi connectivity index (χ1) is 6.87. The van der Waals surface area contributed by atoms with Crippen LogP contribution in [0.1, 0.15) is 27.7 Å². The van der Waals surface area contributed by atoms with Crippen molar-refractivity contribution < 1.29 is 14.7 Å². The Morgan fingerprint density at radius 3 is 2.07 bits per heavy atom. The van der Waals surface area contributed by atoms with Crippen molar-refractivity contribution in [3.8, 4) is 0 Å². The van der Waals surface area contributed by atoms with Gasteiger partial charge in [0.05, 0.1) is 12.1 Å². The molecular formula is C10H20N2O3. The molecule has 0 spiro atoms. The smallest absolute Gasteiger partial charge is 0.311 e. The van der Waals surface area contributed by atoms with Gasteiger partial charge in [0.15, 0.2) is 0 Å². The van der Waals surface area contributed by atoms with Crippen LogP contribution in [0.5, 0.6) is 0 Å². The largest absolute Gasteiger partial charge is 0.394 e. The van der Waals surface area contributed by atoms with Crippen molar-refractivity contribution in [1.29, 1.82) is 0 Å². The van der Waals surface area contributed by atoms with Crippen LogP contribution in [0, 0.1) is 0 Å². The summed E-state index contributed by atoms with van der Waals surface area (Å²) in [5.74, 6) is -1.22. The minimum atomic E-state index is -0.764. The molecule has 2 amide bonds. The zero-order valence-corrected chi connectivity index (χ0v) is 9.83. The van der Waals surface area contributed by atoms with Gasteiger partial charge in [-0.05, 0) is 27.7 Å². The Kier molecular flexibility index (Phi) is 5.28. The number of nitrogens with one attached hydrogen (secondary N) is 1. The molecule has 0 aliphatic heterocycles. The highest BCUT2D eigenvalue weighted by molar-refractivity contribution is 6.35. The molecule has 0 aliphatic carbocycles. The highest BCUT2D eigenvalue weighted by Gasteiger charge is 2.25. The Morgan fingerprint density at radius 1 is 1.27 bits per heavy atom. The van der Waals surface area contributed by atoms with E-state index in [-0.39, 0.29) is 6.61 Å². The summed E-state index contributed by atoms with van der Waals surface area (Å²) in [6.07, 6.45) is 0. The van der Waals surface area contributed by atoms with Gasteiger partial charge in [-0.3, -0.25) is 9.59 Å². The number of amides is 2. The summed E-state index contributed by atoms with van der Waals surface area (Å²) in [7, 11) is 0. The molecule has 0 rings (SSSR count). The first kappa shape index (κ1) is 13.9. The lowest BCUT2D eigenvalue weighted by Gasteiger charge is -2.25. The first-order valence-corrected chi connectivity index (χ1v) is 5.10. The van der Waals surface area contributed by atoms with Crippen LogP contribution < -0.4 is 5.32 Å². The number of likely N-dealkylation sites (N-methyl/N-ethyl adjacent to an activating group) is 1. The fourth-order valence-electron chi connectivity index (χ4n) is 1.05. The Hall–Kier alpha value is -1.10. The SMILES string of the molecule is CCN(CC)C(=O)C(=O)NC(C)(C)CO. The molecule has 5 heteroatoms. The van der Waals surface area contributed by atoms with Crippen LogP contribution in [-0.4, -0.2) is 47.1 Å². The Bertz CT molecular complexity index is 235. The van der Waals surface area contributed by atoms with Crippen LogP contribution >= 0.6 is 0 Å². The number of hydrogen-bond donors (Lipinski definition) is 2. The van der Waals surface area contributed by atoms with Gasteiger partial charge in [-0.1, -0.05) is 0 Å². The van der Waals surface area contributed by atoms with E-state index in [2.05, 4.69) is 5.32 Å². The second kappa shape index (κ2) is 5.70.